The zero-order valence-electron chi connectivity index (χ0n) is 15.7. The molecule has 2 heterocycles. The van der Waals surface area contributed by atoms with Gasteiger partial charge in [-0.1, -0.05) is 11.6 Å². The molecule has 0 aliphatic heterocycles. The molecule has 0 bridgehead atoms. The van der Waals surface area contributed by atoms with E-state index < -0.39 is 5.82 Å². The lowest BCUT2D eigenvalue weighted by atomic mass is 10.2. The highest BCUT2D eigenvalue weighted by Gasteiger charge is 2.13. The van der Waals surface area contributed by atoms with Gasteiger partial charge in [-0.3, -0.25) is 0 Å². The summed E-state index contributed by atoms with van der Waals surface area (Å²) in [5, 5.41) is 7.98. The highest BCUT2D eigenvalue weighted by Crippen LogP contribution is 2.35. The first-order valence-electron chi connectivity index (χ1n) is 8.64. The normalized spacial score (nSPS) is 10.5. The van der Waals surface area contributed by atoms with Gasteiger partial charge in [-0.15, -0.1) is 12.4 Å². The molecule has 0 spiro atoms. The maximum Gasteiger partial charge on any atom is 0.163 e. The van der Waals surface area contributed by atoms with Gasteiger partial charge in [0.15, 0.2) is 11.5 Å². The van der Waals surface area contributed by atoms with Crippen molar-refractivity contribution in [1.82, 2.24) is 24.7 Å². The van der Waals surface area contributed by atoms with Crippen LogP contribution >= 0.6 is 24.0 Å². The number of nitrogens with one attached hydrogen (secondary N) is 1. The standard InChI is InChI=1S/C19H16ClFN6O2.ClH/c1-28-17-7-13-16(8-18(17)29-5-4-27-11-22-9-25-27)23-10-24-19(13)26-15-3-2-12(20)6-14(15)21;/h2-3,6-11H,4-5H2,1H3,(H,23,24,26);1H. The predicted octanol–water partition coefficient (Wildman–Crippen LogP) is 4.27. The topological polar surface area (TPSA) is 87.0 Å². The van der Waals surface area contributed by atoms with Crippen LogP contribution in [0, 0.1) is 5.82 Å². The van der Waals surface area contributed by atoms with Gasteiger partial charge in [-0.25, -0.2) is 24.0 Å². The van der Waals surface area contributed by atoms with Crippen molar-refractivity contribution in [3.63, 3.8) is 0 Å². The van der Waals surface area contributed by atoms with E-state index in [1.807, 2.05) is 0 Å². The van der Waals surface area contributed by atoms with Gasteiger partial charge >= 0.3 is 0 Å². The Labute approximate surface area is 182 Å². The number of aromatic nitrogens is 5. The van der Waals surface area contributed by atoms with E-state index in [-0.39, 0.29) is 18.1 Å². The van der Waals surface area contributed by atoms with Crippen LogP contribution < -0.4 is 14.8 Å². The Hall–Kier alpha value is -3.17. The maximum absolute atomic E-state index is 14.2. The second kappa shape index (κ2) is 9.55. The Morgan fingerprint density at radius 1 is 1.13 bits per heavy atom. The first-order chi connectivity index (χ1) is 14.1. The Morgan fingerprint density at radius 3 is 2.73 bits per heavy atom. The minimum absolute atomic E-state index is 0. The Morgan fingerprint density at radius 2 is 2.00 bits per heavy atom. The van der Waals surface area contributed by atoms with Crippen LogP contribution in [0.1, 0.15) is 0 Å². The van der Waals surface area contributed by atoms with Crippen LogP contribution in [0.5, 0.6) is 11.5 Å². The molecule has 0 aliphatic rings. The highest BCUT2D eigenvalue weighted by molar-refractivity contribution is 6.30. The number of halogens is 3. The highest BCUT2D eigenvalue weighted by atomic mass is 35.5. The Kier molecular flexibility index (Phi) is 6.86. The van der Waals surface area contributed by atoms with Gasteiger partial charge in [0.05, 0.1) is 24.9 Å². The third kappa shape index (κ3) is 4.69. The molecule has 1 N–H and O–H groups in total. The number of benzene rings is 2. The van der Waals surface area contributed by atoms with Crippen LogP contribution in [0.15, 0.2) is 49.3 Å². The van der Waals surface area contributed by atoms with Crippen molar-refractivity contribution in [2.24, 2.45) is 0 Å². The fourth-order valence-electron chi connectivity index (χ4n) is 2.75. The van der Waals surface area contributed by atoms with E-state index in [1.165, 1.54) is 18.7 Å². The van der Waals surface area contributed by atoms with E-state index in [0.717, 1.165) is 0 Å². The van der Waals surface area contributed by atoms with Gasteiger partial charge in [0.2, 0.25) is 0 Å². The zero-order chi connectivity index (χ0) is 20.2. The van der Waals surface area contributed by atoms with E-state index in [0.29, 0.717) is 46.4 Å². The number of fused-ring (bicyclic) bond motifs is 1. The van der Waals surface area contributed by atoms with E-state index >= 15 is 0 Å². The number of ether oxygens (including phenoxy) is 2. The molecule has 0 saturated carbocycles. The molecule has 11 heteroatoms. The molecule has 156 valence electrons. The van der Waals surface area contributed by atoms with Crippen LogP contribution in [-0.4, -0.2) is 38.4 Å². The minimum Gasteiger partial charge on any atom is -0.493 e. The van der Waals surface area contributed by atoms with Crippen LogP contribution in [0.2, 0.25) is 5.02 Å². The van der Waals surface area contributed by atoms with Crippen molar-refractivity contribution >= 4 is 46.4 Å². The quantitative estimate of drug-likeness (QED) is 0.449. The fraction of sp³-hybridized carbons (Fsp3) is 0.158. The number of rotatable bonds is 7. The monoisotopic (exact) mass is 450 g/mol. The van der Waals surface area contributed by atoms with Crippen molar-refractivity contribution in [1.29, 1.82) is 0 Å². The summed E-state index contributed by atoms with van der Waals surface area (Å²) >= 11 is 5.81. The Balaban J connectivity index is 0.00000256. The summed E-state index contributed by atoms with van der Waals surface area (Å²) in [5.41, 5.74) is 0.870. The molecule has 0 amide bonds. The third-order valence-corrected chi connectivity index (χ3v) is 4.38. The van der Waals surface area contributed by atoms with Crippen LogP contribution in [-0.2, 0) is 6.54 Å². The van der Waals surface area contributed by atoms with Gasteiger partial charge in [0.25, 0.3) is 0 Å². The van der Waals surface area contributed by atoms with Gasteiger partial charge in [0.1, 0.15) is 37.2 Å². The van der Waals surface area contributed by atoms with Crippen LogP contribution in [0.3, 0.4) is 0 Å². The van der Waals surface area contributed by atoms with Crippen molar-refractivity contribution < 1.29 is 13.9 Å². The molecule has 4 rings (SSSR count). The average Bonchev–Trinajstić information content (AvgIpc) is 3.23. The smallest absolute Gasteiger partial charge is 0.163 e. The van der Waals surface area contributed by atoms with Crippen molar-refractivity contribution in [2.45, 2.75) is 6.54 Å². The molecule has 0 saturated heterocycles. The van der Waals surface area contributed by atoms with Gasteiger partial charge in [-0.2, -0.15) is 5.10 Å². The van der Waals surface area contributed by atoms with E-state index in [2.05, 4.69) is 25.4 Å². The number of methoxy groups -OCH3 is 1. The molecule has 0 aliphatic carbocycles. The molecule has 30 heavy (non-hydrogen) atoms. The summed E-state index contributed by atoms with van der Waals surface area (Å²) < 4.78 is 27.1. The number of anilines is 2. The molecular formula is C19H17Cl2FN6O2. The minimum atomic E-state index is -0.482. The summed E-state index contributed by atoms with van der Waals surface area (Å²) in [7, 11) is 1.54. The average molecular weight is 451 g/mol. The summed E-state index contributed by atoms with van der Waals surface area (Å²) in [4.78, 5) is 12.4. The van der Waals surface area contributed by atoms with Crippen molar-refractivity contribution in [3.05, 3.63) is 60.2 Å². The fourth-order valence-corrected chi connectivity index (χ4v) is 2.91. The first kappa shape index (κ1) is 21.5. The number of hydrogen-bond donors (Lipinski definition) is 1. The van der Waals surface area contributed by atoms with Crippen molar-refractivity contribution in [2.75, 3.05) is 19.0 Å². The lowest BCUT2D eigenvalue weighted by molar-refractivity contribution is 0.274. The second-order valence-corrected chi connectivity index (χ2v) is 6.44. The molecule has 2 aromatic carbocycles. The number of nitrogens with zero attached hydrogens (tertiary/aromatic N) is 5. The lowest BCUT2D eigenvalue weighted by Crippen LogP contribution is -2.09. The van der Waals surface area contributed by atoms with Crippen LogP contribution in [0.25, 0.3) is 10.9 Å². The van der Waals surface area contributed by atoms with E-state index in [1.54, 1.807) is 42.4 Å². The second-order valence-electron chi connectivity index (χ2n) is 6.00. The maximum atomic E-state index is 14.2. The Bertz CT molecular complexity index is 1140. The van der Waals surface area contributed by atoms with E-state index in [9.17, 15) is 4.39 Å². The summed E-state index contributed by atoms with van der Waals surface area (Å²) in [5.74, 6) is 0.987. The lowest BCUT2D eigenvalue weighted by Gasteiger charge is -2.14. The van der Waals surface area contributed by atoms with E-state index in [4.69, 9.17) is 21.1 Å². The molecule has 0 unspecified atom stereocenters. The van der Waals surface area contributed by atoms with Gasteiger partial charge in [0, 0.05) is 16.5 Å². The van der Waals surface area contributed by atoms with Gasteiger partial charge < -0.3 is 14.8 Å². The third-order valence-electron chi connectivity index (χ3n) is 4.15. The van der Waals surface area contributed by atoms with Gasteiger partial charge in [-0.05, 0) is 24.3 Å². The summed E-state index contributed by atoms with van der Waals surface area (Å²) in [6, 6.07) is 7.87. The molecule has 0 atom stereocenters. The summed E-state index contributed by atoms with van der Waals surface area (Å²) in [6.07, 6.45) is 4.47. The molecule has 0 radical (unpaired) electrons. The first-order valence-corrected chi connectivity index (χ1v) is 9.02. The summed E-state index contributed by atoms with van der Waals surface area (Å²) in [6.45, 7) is 0.908. The largest absolute Gasteiger partial charge is 0.493 e. The SMILES string of the molecule is COc1cc2c(Nc3ccc(Cl)cc3F)ncnc2cc1OCCn1cncn1.Cl. The number of hydrogen-bond acceptors (Lipinski definition) is 7. The molecular weight excluding hydrogens is 434 g/mol. The molecule has 8 nitrogen and oxygen atoms in total. The molecule has 4 aromatic rings. The molecule has 2 aromatic heterocycles. The molecule has 0 fully saturated rings. The zero-order valence-corrected chi connectivity index (χ0v) is 17.3. The van der Waals surface area contributed by atoms with Crippen molar-refractivity contribution in [3.8, 4) is 11.5 Å². The van der Waals surface area contributed by atoms with Crippen LogP contribution in [0.4, 0.5) is 15.9 Å². The predicted molar refractivity (Wildman–Crippen MR) is 114 cm³/mol.